The van der Waals surface area contributed by atoms with Gasteiger partial charge < -0.3 is 14.8 Å². The van der Waals surface area contributed by atoms with E-state index in [0.29, 0.717) is 17.2 Å². The minimum Gasteiger partial charge on any atom is -0.454 e. The molecule has 1 heterocycles. The highest BCUT2D eigenvalue weighted by atomic mass is 32.2. The summed E-state index contributed by atoms with van der Waals surface area (Å²) >= 11 is 0. The predicted molar refractivity (Wildman–Crippen MR) is 102 cm³/mol. The number of carbonyl (C=O) groups excluding carboxylic acids is 1. The Labute approximate surface area is 158 Å². The Bertz CT molecular complexity index is 958. The number of ether oxygens (including phenoxy) is 2. The molecule has 1 atom stereocenters. The van der Waals surface area contributed by atoms with Crippen molar-refractivity contribution in [2.24, 2.45) is 0 Å². The molecule has 1 N–H and O–H groups in total. The molecule has 0 fully saturated rings. The number of anilines is 1. The fourth-order valence-corrected chi connectivity index (χ4v) is 4.13. The maximum absolute atomic E-state index is 12.6. The van der Waals surface area contributed by atoms with Crippen molar-refractivity contribution in [3.63, 3.8) is 0 Å². The number of carbonyl (C=O) groups is 1. The lowest BCUT2D eigenvalue weighted by Crippen LogP contribution is -2.47. The number of rotatable bonds is 6. The zero-order chi connectivity index (χ0) is 19.6. The Morgan fingerprint density at radius 3 is 2.63 bits per heavy atom. The van der Waals surface area contributed by atoms with Crippen LogP contribution in [0.4, 0.5) is 5.69 Å². The Morgan fingerprint density at radius 1 is 1.19 bits per heavy atom. The molecule has 1 aliphatic rings. The largest absolute Gasteiger partial charge is 0.454 e. The van der Waals surface area contributed by atoms with Gasteiger partial charge in [0.15, 0.2) is 11.5 Å². The summed E-state index contributed by atoms with van der Waals surface area (Å²) in [6.07, 6.45) is 1.09. The lowest BCUT2D eigenvalue weighted by Gasteiger charge is -2.28. The van der Waals surface area contributed by atoms with Gasteiger partial charge in [-0.3, -0.25) is 9.10 Å². The smallest absolute Gasteiger partial charge is 0.243 e. The average Bonchev–Trinajstić information content (AvgIpc) is 3.06. The summed E-state index contributed by atoms with van der Waals surface area (Å²) in [5.74, 6) is 0.910. The third-order valence-electron chi connectivity index (χ3n) is 4.25. The van der Waals surface area contributed by atoms with Crippen LogP contribution in [0.2, 0.25) is 0 Å². The van der Waals surface area contributed by atoms with Gasteiger partial charge in [0.1, 0.15) is 6.04 Å². The maximum Gasteiger partial charge on any atom is 0.243 e. The molecule has 0 spiro atoms. The summed E-state index contributed by atoms with van der Waals surface area (Å²) < 4.78 is 36.3. The molecule has 27 heavy (non-hydrogen) atoms. The van der Waals surface area contributed by atoms with Crippen LogP contribution in [-0.4, -0.2) is 33.4 Å². The van der Waals surface area contributed by atoms with Gasteiger partial charge in [-0.25, -0.2) is 8.42 Å². The molecule has 0 saturated heterocycles. The molecule has 0 unspecified atom stereocenters. The van der Waals surface area contributed by atoms with Crippen molar-refractivity contribution >= 4 is 21.6 Å². The average molecular weight is 390 g/mol. The number of aryl methyl sites for hydroxylation is 1. The SMILES string of the molecule is Cc1cccc(N([C@H](C)C(=O)NCc2ccc3c(c2)OCO3)S(C)(=O)=O)c1. The minimum absolute atomic E-state index is 0.183. The van der Waals surface area contributed by atoms with Crippen LogP contribution in [0.3, 0.4) is 0 Å². The Balaban J connectivity index is 1.74. The fourth-order valence-electron chi connectivity index (χ4n) is 2.96. The van der Waals surface area contributed by atoms with Gasteiger partial charge >= 0.3 is 0 Å². The second kappa shape index (κ2) is 7.48. The van der Waals surface area contributed by atoms with Crippen molar-refractivity contribution in [3.8, 4) is 11.5 Å². The standard InChI is InChI=1S/C19H22N2O5S/c1-13-5-4-6-16(9-13)21(27(3,23)24)14(2)19(22)20-11-15-7-8-17-18(10-15)26-12-25-17/h4-10,14H,11-12H2,1-3H3,(H,20,22)/t14-/m1/s1. The molecule has 0 bridgehead atoms. The first kappa shape index (κ1) is 19.0. The Kier molecular flexibility index (Phi) is 5.27. The summed E-state index contributed by atoms with van der Waals surface area (Å²) in [6.45, 7) is 3.87. The van der Waals surface area contributed by atoms with Crippen LogP contribution in [0.1, 0.15) is 18.1 Å². The molecule has 8 heteroatoms. The molecular formula is C19H22N2O5S. The molecule has 2 aromatic rings. The van der Waals surface area contributed by atoms with Crippen molar-refractivity contribution in [2.75, 3.05) is 17.4 Å². The first-order valence-electron chi connectivity index (χ1n) is 8.48. The minimum atomic E-state index is -3.63. The monoisotopic (exact) mass is 390 g/mol. The van der Waals surface area contributed by atoms with E-state index < -0.39 is 16.1 Å². The number of amides is 1. The van der Waals surface area contributed by atoms with Crippen LogP contribution < -0.4 is 19.1 Å². The van der Waals surface area contributed by atoms with Crippen molar-refractivity contribution in [1.82, 2.24) is 5.32 Å². The lowest BCUT2D eigenvalue weighted by molar-refractivity contribution is -0.122. The van der Waals surface area contributed by atoms with E-state index in [-0.39, 0.29) is 19.2 Å². The second-order valence-electron chi connectivity index (χ2n) is 6.48. The van der Waals surface area contributed by atoms with Crippen molar-refractivity contribution < 1.29 is 22.7 Å². The maximum atomic E-state index is 12.6. The van der Waals surface area contributed by atoms with Crippen molar-refractivity contribution in [1.29, 1.82) is 0 Å². The van der Waals surface area contributed by atoms with E-state index >= 15 is 0 Å². The quantitative estimate of drug-likeness (QED) is 0.817. The first-order chi connectivity index (χ1) is 12.8. The van der Waals surface area contributed by atoms with Gasteiger partial charge in [0, 0.05) is 6.54 Å². The molecule has 0 aliphatic carbocycles. The number of fused-ring (bicyclic) bond motifs is 1. The molecule has 2 aromatic carbocycles. The highest BCUT2D eigenvalue weighted by molar-refractivity contribution is 7.92. The number of hydrogen-bond donors (Lipinski definition) is 1. The number of nitrogens with one attached hydrogen (secondary N) is 1. The van der Waals surface area contributed by atoms with E-state index in [0.717, 1.165) is 21.7 Å². The zero-order valence-corrected chi connectivity index (χ0v) is 16.2. The van der Waals surface area contributed by atoms with Crippen LogP contribution in [0.25, 0.3) is 0 Å². The van der Waals surface area contributed by atoms with E-state index in [9.17, 15) is 13.2 Å². The Hall–Kier alpha value is -2.74. The molecule has 144 valence electrons. The van der Waals surface area contributed by atoms with E-state index in [1.807, 2.05) is 19.1 Å². The summed E-state index contributed by atoms with van der Waals surface area (Å²) in [5.41, 5.74) is 2.21. The van der Waals surface area contributed by atoms with Gasteiger partial charge in [0.2, 0.25) is 22.7 Å². The third-order valence-corrected chi connectivity index (χ3v) is 5.49. The Morgan fingerprint density at radius 2 is 1.93 bits per heavy atom. The molecule has 0 aromatic heterocycles. The van der Waals surface area contributed by atoms with Gasteiger partial charge in [-0.15, -0.1) is 0 Å². The van der Waals surface area contributed by atoms with Crippen LogP contribution in [0, 0.1) is 6.92 Å². The number of sulfonamides is 1. The highest BCUT2D eigenvalue weighted by Gasteiger charge is 2.29. The summed E-state index contributed by atoms with van der Waals surface area (Å²) in [4.78, 5) is 12.6. The van der Waals surface area contributed by atoms with Crippen LogP contribution >= 0.6 is 0 Å². The van der Waals surface area contributed by atoms with E-state index in [1.165, 1.54) is 0 Å². The summed E-state index contributed by atoms with van der Waals surface area (Å²) in [7, 11) is -3.63. The number of nitrogens with zero attached hydrogens (tertiary/aromatic N) is 1. The van der Waals surface area contributed by atoms with E-state index in [4.69, 9.17) is 9.47 Å². The first-order valence-corrected chi connectivity index (χ1v) is 10.3. The van der Waals surface area contributed by atoms with Crippen molar-refractivity contribution in [2.45, 2.75) is 26.4 Å². The predicted octanol–water partition coefficient (Wildman–Crippen LogP) is 2.19. The molecule has 1 aliphatic heterocycles. The van der Waals surface area contributed by atoms with Crippen molar-refractivity contribution in [3.05, 3.63) is 53.6 Å². The second-order valence-corrected chi connectivity index (χ2v) is 8.34. The van der Waals surface area contributed by atoms with Gasteiger partial charge in [0.05, 0.1) is 11.9 Å². The van der Waals surface area contributed by atoms with Gasteiger partial charge in [-0.05, 0) is 49.2 Å². The zero-order valence-electron chi connectivity index (χ0n) is 15.4. The van der Waals surface area contributed by atoms with Crippen LogP contribution in [0.5, 0.6) is 11.5 Å². The molecule has 3 rings (SSSR count). The van der Waals surface area contributed by atoms with Gasteiger partial charge in [-0.1, -0.05) is 18.2 Å². The van der Waals surface area contributed by atoms with Crippen LogP contribution in [0.15, 0.2) is 42.5 Å². The summed E-state index contributed by atoms with van der Waals surface area (Å²) in [6, 6.07) is 11.6. The third kappa shape index (κ3) is 4.33. The normalized spacial score (nSPS) is 13.9. The molecule has 1 amide bonds. The molecule has 0 radical (unpaired) electrons. The fraction of sp³-hybridized carbons (Fsp3) is 0.316. The van der Waals surface area contributed by atoms with Gasteiger partial charge in [0.25, 0.3) is 0 Å². The number of benzene rings is 2. The molecule has 0 saturated carbocycles. The number of hydrogen-bond acceptors (Lipinski definition) is 5. The van der Waals surface area contributed by atoms with E-state index in [2.05, 4.69) is 5.32 Å². The van der Waals surface area contributed by atoms with Crippen LogP contribution in [-0.2, 0) is 21.4 Å². The summed E-state index contributed by atoms with van der Waals surface area (Å²) in [5, 5.41) is 2.79. The molecular weight excluding hydrogens is 368 g/mol. The molecule has 7 nitrogen and oxygen atoms in total. The lowest BCUT2D eigenvalue weighted by atomic mass is 10.2. The highest BCUT2D eigenvalue weighted by Crippen LogP contribution is 2.32. The van der Waals surface area contributed by atoms with E-state index in [1.54, 1.807) is 37.3 Å². The topological polar surface area (TPSA) is 84.9 Å². The van der Waals surface area contributed by atoms with Gasteiger partial charge in [-0.2, -0.15) is 0 Å².